The number of aromatic nitrogens is 3. The van der Waals surface area contributed by atoms with E-state index in [-0.39, 0.29) is 23.7 Å². The van der Waals surface area contributed by atoms with Crippen LogP contribution in [0.3, 0.4) is 0 Å². The van der Waals surface area contributed by atoms with E-state index in [1.165, 1.54) is 16.7 Å². The van der Waals surface area contributed by atoms with Crippen molar-refractivity contribution >= 4 is 22.6 Å². The van der Waals surface area contributed by atoms with E-state index in [1.54, 1.807) is 23.9 Å². The summed E-state index contributed by atoms with van der Waals surface area (Å²) < 4.78 is 16.9. The highest BCUT2D eigenvalue weighted by Gasteiger charge is 2.20. The van der Waals surface area contributed by atoms with Crippen molar-refractivity contribution in [3.05, 3.63) is 86.6 Å². The van der Waals surface area contributed by atoms with Crippen molar-refractivity contribution in [3.63, 3.8) is 0 Å². The molecule has 0 fully saturated rings. The van der Waals surface area contributed by atoms with Crippen LogP contribution in [0.4, 0.5) is 10.1 Å². The van der Waals surface area contributed by atoms with E-state index in [4.69, 9.17) is 0 Å². The molecule has 0 aliphatic carbocycles. The Morgan fingerprint density at radius 3 is 2.52 bits per heavy atom. The lowest BCUT2D eigenvalue weighted by atomic mass is 10.0. The Morgan fingerprint density at radius 1 is 1.06 bits per heavy atom. The number of anilines is 1. The van der Waals surface area contributed by atoms with Crippen LogP contribution >= 0.6 is 0 Å². The number of aryl methyl sites for hydroxylation is 4. The Kier molecular flexibility index (Phi) is 5.89. The highest BCUT2D eigenvalue weighted by Crippen LogP contribution is 2.26. The third kappa shape index (κ3) is 4.06. The normalized spacial score (nSPS) is 11.2. The number of pyridine rings is 1. The van der Waals surface area contributed by atoms with Crippen LogP contribution in [-0.2, 0) is 18.3 Å². The number of hydrogen-bond donors (Lipinski definition) is 1. The summed E-state index contributed by atoms with van der Waals surface area (Å²) in [6.07, 6.45) is 0.502. The van der Waals surface area contributed by atoms with Crippen molar-refractivity contribution < 1.29 is 9.18 Å². The van der Waals surface area contributed by atoms with Gasteiger partial charge in [0, 0.05) is 30.1 Å². The lowest BCUT2D eigenvalue weighted by molar-refractivity contribution is -0.116. The van der Waals surface area contributed by atoms with Crippen LogP contribution in [0.1, 0.15) is 34.4 Å². The summed E-state index contributed by atoms with van der Waals surface area (Å²) in [5.74, 6) is -0.514. The van der Waals surface area contributed by atoms with E-state index in [9.17, 15) is 14.0 Å². The minimum absolute atomic E-state index is 0.141. The molecule has 4 aromatic rings. The van der Waals surface area contributed by atoms with Crippen molar-refractivity contribution in [1.29, 1.82) is 0 Å². The van der Waals surface area contributed by atoms with E-state index in [0.29, 0.717) is 23.3 Å². The Hall–Kier alpha value is -3.74. The number of rotatable bonds is 5. The largest absolute Gasteiger partial charge is 0.326 e. The molecule has 0 aliphatic heterocycles. The standard InChI is InChI=1S/C26H27FN4O2/c1-15-8-6-11-22(16(15)2)28-23(32)13-12-21-17(3)24-18(4)29-31(25(24)30(5)26(21)33)20-10-7-9-19(27)14-20/h6-11,14H,12-13H2,1-5H3,(H,28,32). The summed E-state index contributed by atoms with van der Waals surface area (Å²) in [5, 5.41) is 8.38. The number of carbonyl (C=O) groups is 1. The lowest BCUT2D eigenvalue weighted by Gasteiger charge is -2.13. The number of hydrogen-bond acceptors (Lipinski definition) is 3. The number of carbonyl (C=O) groups excluding carboxylic acids is 1. The molecule has 33 heavy (non-hydrogen) atoms. The molecule has 170 valence electrons. The van der Waals surface area contributed by atoms with Crippen LogP contribution in [0.2, 0.25) is 0 Å². The minimum atomic E-state index is -0.373. The van der Waals surface area contributed by atoms with Gasteiger partial charge in [0.15, 0.2) is 0 Å². The van der Waals surface area contributed by atoms with Crippen molar-refractivity contribution in [3.8, 4) is 5.69 Å². The third-order valence-electron chi connectivity index (χ3n) is 6.28. The van der Waals surface area contributed by atoms with Gasteiger partial charge in [-0.25, -0.2) is 9.07 Å². The van der Waals surface area contributed by atoms with E-state index < -0.39 is 0 Å². The zero-order valence-electron chi connectivity index (χ0n) is 19.5. The predicted molar refractivity (Wildman–Crippen MR) is 129 cm³/mol. The summed E-state index contributed by atoms with van der Waals surface area (Å²) in [4.78, 5) is 25.9. The van der Waals surface area contributed by atoms with Crippen LogP contribution in [0.5, 0.6) is 0 Å². The van der Waals surface area contributed by atoms with Gasteiger partial charge in [0.2, 0.25) is 5.91 Å². The summed E-state index contributed by atoms with van der Waals surface area (Å²) in [5.41, 5.74) is 6.00. The molecule has 0 saturated heterocycles. The maximum atomic E-state index is 13.8. The van der Waals surface area contributed by atoms with E-state index in [0.717, 1.165) is 33.5 Å². The molecule has 0 aliphatic rings. The minimum Gasteiger partial charge on any atom is -0.326 e. The first-order valence-corrected chi connectivity index (χ1v) is 10.9. The number of benzene rings is 2. The second-order valence-corrected chi connectivity index (χ2v) is 8.44. The zero-order valence-corrected chi connectivity index (χ0v) is 19.5. The first-order valence-electron chi connectivity index (χ1n) is 10.9. The second kappa shape index (κ2) is 8.65. The van der Waals surface area contributed by atoms with Crippen LogP contribution in [0.25, 0.3) is 16.7 Å². The first kappa shape index (κ1) is 22.5. The molecule has 1 amide bonds. The molecule has 0 atom stereocenters. The molecule has 0 saturated carbocycles. The Morgan fingerprint density at radius 2 is 1.79 bits per heavy atom. The molecule has 0 unspecified atom stereocenters. The van der Waals surface area contributed by atoms with Gasteiger partial charge < -0.3 is 5.32 Å². The lowest BCUT2D eigenvalue weighted by Crippen LogP contribution is -2.25. The summed E-state index contributed by atoms with van der Waals surface area (Å²) >= 11 is 0. The number of halogens is 1. The smallest absolute Gasteiger partial charge is 0.255 e. The fraction of sp³-hybridized carbons (Fsp3) is 0.269. The topological polar surface area (TPSA) is 68.9 Å². The van der Waals surface area contributed by atoms with Crippen molar-refractivity contribution in [2.75, 3.05) is 5.32 Å². The number of nitrogens with zero attached hydrogens (tertiary/aromatic N) is 3. The molecular formula is C26H27FN4O2. The fourth-order valence-electron chi connectivity index (χ4n) is 4.29. The maximum Gasteiger partial charge on any atom is 0.255 e. The second-order valence-electron chi connectivity index (χ2n) is 8.44. The Bertz CT molecular complexity index is 1450. The zero-order chi connectivity index (χ0) is 23.9. The van der Waals surface area contributed by atoms with Crippen molar-refractivity contribution in [1.82, 2.24) is 14.3 Å². The summed E-state index contributed by atoms with van der Waals surface area (Å²) in [6, 6.07) is 11.9. The summed E-state index contributed by atoms with van der Waals surface area (Å²) in [6.45, 7) is 7.72. The summed E-state index contributed by atoms with van der Waals surface area (Å²) in [7, 11) is 1.68. The molecule has 0 radical (unpaired) electrons. The van der Waals surface area contributed by atoms with Gasteiger partial charge >= 0.3 is 0 Å². The Balaban J connectivity index is 1.68. The van der Waals surface area contributed by atoms with Crippen LogP contribution in [-0.4, -0.2) is 20.3 Å². The highest BCUT2D eigenvalue weighted by atomic mass is 19.1. The van der Waals surface area contributed by atoms with E-state index in [2.05, 4.69) is 10.4 Å². The average molecular weight is 447 g/mol. The van der Waals surface area contributed by atoms with Gasteiger partial charge in [-0.1, -0.05) is 18.2 Å². The molecule has 2 heterocycles. The molecule has 0 spiro atoms. The van der Waals surface area contributed by atoms with Gasteiger partial charge in [-0.15, -0.1) is 0 Å². The predicted octanol–water partition coefficient (Wildman–Crippen LogP) is 4.67. The van der Waals surface area contributed by atoms with Gasteiger partial charge in [-0.3, -0.25) is 14.2 Å². The number of amides is 1. The molecule has 4 rings (SSSR count). The Labute approximate surface area is 191 Å². The van der Waals surface area contributed by atoms with Gasteiger partial charge in [0.25, 0.3) is 5.56 Å². The highest BCUT2D eigenvalue weighted by molar-refractivity contribution is 5.92. The fourth-order valence-corrected chi connectivity index (χ4v) is 4.29. The van der Waals surface area contributed by atoms with Crippen molar-refractivity contribution in [2.45, 2.75) is 40.5 Å². The maximum absolute atomic E-state index is 13.8. The van der Waals surface area contributed by atoms with E-state index in [1.807, 2.05) is 45.9 Å². The molecule has 2 aromatic heterocycles. The SMILES string of the molecule is Cc1cccc(NC(=O)CCc2c(C)c3c(C)nn(-c4cccc(F)c4)c3n(C)c2=O)c1C. The van der Waals surface area contributed by atoms with Gasteiger partial charge in [0.1, 0.15) is 11.5 Å². The van der Waals surface area contributed by atoms with Crippen LogP contribution < -0.4 is 10.9 Å². The molecule has 2 aromatic carbocycles. The number of nitrogens with one attached hydrogen (secondary N) is 1. The van der Waals surface area contributed by atoms with E-state index >= 15 is 0 Å². The van der Waals surface area contributed by atoms with Gasteiger partial charge in [-0.05, 0) is 75.1 Å². The molecule has 7 heteroatoms. The van der Waals surface area contributed by atoms with Crippen LogP contribution in [0.15, 0.2) is 47.3 Å². The molecule has 0 bridgehead atoms. The van der Waals surface area contributed by atoms with Gasteiger partial charge in [0.05, 0.1) is 11.4 Å². The first-order chi connectivity index (χ1) is 15.7. The number of fused-ring (bicyclic) bond motifs is 1. The monoisotopic (exact) mass is 446 g/mol. The average Bonchev–Trinajstić information content (AvgIpc) is 3.13. The van der Waals surface area contributed by atoms with Crippen molar-refractivity contribution in [2.24, 2.45) is 7.05 Å². The van der Waals surface area contributed by atoms with Crippen LogP contribution in [0, 0.1) is 33.5 Å². The molecule has 1 N–H and O–H groups in total. The van der Waals surface area contributed by atoms with Gasteiger partial charge in [-0.2, -0.15) is 5.10 Å². The molecular weight excluding hydrogens is 419 g/mol. The third-order valence-corrected chi connectivity index (χ3v) is 6.28. The molecule has 6 nitrogen and oxygen atoms in total. The quantitative estimate of drug-likeness (QED) is 0.484.